The van der Waals surface area contributed by atoms with Crippen LogP contribution < -0.4 is 20.3 Å². The van der Waals surface area contributed by atoms with Gasteiger partial charge >= 0.3 is 5.97 Å². The number of amides is 2. The van der Waals surface area contributed by atoms with Gasteiger partial charge in [0.2, 0.25) is 5.91 Å². The zero-order valence-corrected chi connectivity index (χ0v) is 14.4. The number of benzene rings is 1. The maximum atomic E-state index is 12.2. The minimum Gasteiger partial charge on any atom is -0.477 e. The molecule has 2 rings (SSSR count). The fraction of sp³-hybridized carbons (Fsp3) is 0.471. The fourth-order valence-electron chi connectivity index (χ4n) is 2.55. The molecular weight excluding hydrogens is 326 g/mol. The Morgan fingerprint density at radius 1 is 1.32 bits per heavy atom. The van der Waals surface area contributed by atoms with Gasteiger partial charge in [0.25, 0.3) is 5.91 Å². The van der Waals surface area contributed by atoms with E-state index in [1.807, 2.05) is 23.1 Å². The summed E-state index contributed by atoms with van der Waals surface area (Å²) in [6.07, 6.45) is 0.0987. The molecule has 25 heavy (non-hydrogen) atoms. The molecule has 0 saturated carbocycles. The Balaban J connectivity index is 1.94. The molecule has 1 aromatic carbocycles. The highest BCUT2D eigenvalue weighted by atomic mass is 16.5. The van der Waals surface area contributed by atoms with E-state index >= 15 is 0 Å². The van der Waals surface area contributed by atoms with Crippen LogP contribution in [0, 0.1) is 0 Å². The molecule has 0 radical (unpaired) electrons. The van der Waals surface area contributed by atoms with Gasteiger partial charge in [-0.05, 0) is 18.6 Å². The smallest absolute Gasteiger partial charge is 0.305 e. The van der Waals surface area contributed by atoms with E-state index in [1.165, 1.54) is 7.11 Å². The molecular formula is C17H23N3O5. The molecule has 1 aliphatic rings. The van der Waals surface area contributed by atoms with Gasteiger partial charge < -0.3 is 25.0 Å². The number of methoxy groups -OCH3 is 1. The lowest BCUT2D eigenvalue weighted by atomic mass is 10.1. The van der Waals surface area contributed by atoms with Crippen molar-refractivity contribution in [3.8, 4) is 5.75 Å². The number of carbonyl (C=O) groups excluding carboxylic acids is 3. The van der Waals surface area contributed by atoms with Gasteiger partial charge in [-0.1, -0.05) is 12.1 Å². The number of anilines is 1. The molecule has 136 valence electrons. The SMILES string of the molecule is CNC(=O)[C@H]1CN(CC(=O)NCCCC(=O)OC)c2ccccc2O1. The van der Waals surface area contributed by atoms with Crippen molar-refractivity contribution >= 4 is 23.5 Å². The summed E-state index contributed by atoms with van der Waals surface area (Å²) in [6.45, 7) is 0.775. The molecule has 8 nitrogen and oxygen atoms in total. The zero-order chi connectivity index (χ0) is 18.2. The molecule has 0 saturated heterocycles. The number of carbonyl (C=O) groups is 3. The normalized spacial score (nSPS) is 15.6. The van der Waals surface area contributed by atoms with Gasteiger partial charge in [-0.15, -0.1) is 0 Å². The van der Waals surface area contributed by atoms with Gasteiger partial charge in [0.15, 0.2) is 6.10 Å². The lowest BCUT2D eigenvalue weighted by Crippen LogP contribution is -2.50. The summed E-state index contributed by atoms with van der Waals surface area (Å²) in [5.41, 5.74) is 0.771. The lowest BCUT2D eigenvalue weighted by molar-refractivity contribution is -0.140. The molecule has 0 fully saturated rings. The number of nitrogens with one attached hydrogen (secondary N) is 2. The minimum atomic E-state index is -0.674. The van der Waals surface area contributed by atoms with Crippen LogP contribution in [0.15, 0.2) is 24.3 Å². The Kier molecular flexibility index (Phi) is 6.62. The molecule has 1 aromatic rings. The number of rotatable bonds is 7. The van der Waals surface area contributed by atoms with Crippen LogP contribution in [-0.4, -0.2) is 57.7 Å². The molecule has 0 bridgehead atoms. The molecule has 8 heteroatoms. The van der Waals surface area contributed by atoms with Gasteiger partial charge in [-0.3, -0.25) is 14.4 Å². The predicted molar refractivity (Wildman–Crippen MR) is 91.4 cm³/mol. The third-order valence-corrected chi connectivity index (χ3v) is 3.84. The minimum absolute atomic E-state index is 0.103. The van der Waals surface area contributed by atoms with E-state index in [4.69, 9.17) is 4.74 Å². The molecule has 0 unspecified atom stereocenters. The monoisotopic (exact) mass is 349 g/mol. The molecule has 1 aliphatic heterocycles. The third kappa shape index (κ3) is 5.10. The van der Waals surface area contributed by atoms with Crippen molar-refractivity contribution in [3.05, 3.63) is 24.3 Å². The first-order valence-electron chi connectivity index (χ1n) is 8.11. The van der Waals surface area contributed by atoms with E-state index in [-0.39, 0.29) is 37.3 Å². The first-order chi connectivity index (χ1) is 12.0. The van der Waals surface area contributed by atoms with Gasteiger partial charge in [0.1, 0.15) is 5.75 Å². The number of para-hydroxylation sites is 2. The van der Waals surface area contributed by atoms with Crippen LogP contribution >= 0.6 is 0 Å². The van der Waals surface area contributed by atoms with Gasteiger partial charge in [0.05, 0.1) is 25.9 Å². The number of likely N-dealkylation sites (N-methyl/N-ethyl adjacent to an activating group) is 1. The molecule has 0 aromatic heterocycles. The van der Waals surface area contributed by atoms with E-state index in [1.54, 1.807) is 13.1 Å². The quantitative estimate of drug-likeness (QED) is 0.534. The average Bonchev–Trinajstić information content (AvgIpc) is 2.64. The fourth-order valence-corrected chi connectivity index (χ4v) is 2.55. The van der Waals surface area contributed by atoms with E-state index in [0.29, 0.717) is 18.7 Å². The summed E-state index contributed by atoms with van der Waals surface area (Å²) in [5.74, 6) is -0.152. The number of esters is 1. The number of ether oxygens (including phenoxy) is 2. The summed E-state index contributed by atoms with van der Waals surface area (Å²) in [4.78, 5) is 36.9. The van der Waals surface area contributed by atoms with Crippen LogP contribution in [0.5, 0.6) is 5.75 Å². The second kappa shape index (κ2) is 8.91. The zero-order valence-electron chi connectivity index (χ0n) is 14.4. The highest BCUT2D eigenvalue weighted by Gasteiger charge is 2.30. The Labute approximate surface area is 146 Å². The van der Waals surface area contributed by atoms with Crippen LogP contribution in [0.2, 0.25) is 0 Å². The summed E-state index contributed by atoms with van der Waals surface area (Å²) in [7, 11) is 2.88. The Hall–Kier alpha value is -2.77. The largest absolute Gasteiger partial charge is 0.477 e. The van der Waals surface area contributed by atoms with Crippen molar-refractivity contribution in [1.82, 2.24) is 10.6 Å². The Bertz CT molecular complexity index is 634. The average molecular weight is 349 g/mol. The highest BCUT2D eigenvalue weighted by Crippen LogP contribution is 2.32. The second-order valence-electron chi connectivity index (χ2n) is 5.60. The van der Waals surface area contributed by atoms with Crippen molar-refractivity contribution in [3.63, 3.8) is 0 Å². The summed E-state index contributed by atoms with van der Waals surface area (Å²) in [5, 5.41) is 5.33. The van der Waals surface area contributed by atoms with Gasteiger partial charge in [-0.2, -0.15) is 0 Å². The van der Waals surface area contributed by atoms with Crippen molar-refractivity contribution < 1.29 is 23.9 Å². The Morgan fingerprint density at radius 3 is 2.80 bits per heavy atom. The highest BCUT2D eigenvalue weighted by molar-refractivity contribution is 5.86. The summed E-state index contributed by atoms with van der Waals surface area (Å²) < 4.78 is 10.2. The van der Waals surface area contributed by atoms with Gasteiger partial charge in [0, 0.05) is 20.0 Å². The van der Waals surface area contributed by atoms with Crippen LogP contribution in [0.1, 0.15) is 12.8 Å². The molecule has 0 aliphatic carbocycles. The topological polar surface area (TPSA) is 97.0 Å². The number of nitrogens with zero attached hydrogens (tertiary/aromatic N) is 1. The van der Waals surface area contributed by atoms with E-state index < -0.39 is 6.10 Å². The third-order valence-electron chi connectivity index (χ3n) is 3.84. The Morgan fingerprint density at radius 2 is 2.08 bits per heavy atom. The molecule has 1 heterocycles. The van der Waals surface area contributed by atoms with Crippen LogP contribution in [-0.2, 0) is 19.1 Å². The van der Waals surface area contributed by atoms with Crippen molar-refractivity contribution in [2.45, 2.75) is 18.9 Å². The molecule has 2 N–H and O–H groups in total. The summed E-state index contributed by atoms with van der Waals surface area (Å²) >= 11 is 0. The van der Waals surface area contributed by atoms with E-state index in [0.717, 1.165) is 5.69 Å². The predicted octanol–water partition coefficient (Wildman–Crippen LogP) is 0.0694. The van der Waals surface area contributed by atoms with Crippen molar-refractivity contribution in [2.24, 2.45) is 0 Å². The number of hydrogen-bond donors (Lipinski definition) is 2. The van der Waals surface area contributed by atoms with E-state index in [9.17, 15) is 14.4 Å². The van der Waals surface area contributed by atoms with Crippen LogP contribution in [0.25, 0.3) is 0 Å². The number of fused-ring (bicyclic) bond motifs is 1. The first-order valence-corrected chi connectivity index (χ1v) is 8.11. The van der Waals surface area contributed by atoms with Crippen molar-refractivity contribution in [2.75, 3.05) is 38.7 Å². The summed E-state index contributed by atoms with van der Waals surface area (Å²) in [6, 6.07) is 7.28. The molecule has 2 amide bonds. The first kappa shape index (κ1) is 18.6. The van der Waals surface area contributed by atoms with Gasteiger partial charge in [-0.25, -0.2) is 0 Å². The molecule has 0 spiro atoms. The molecule has 1 atom stereocenters. The van der Waals surface area contributed by atoms with E-state index in [2.05, 4.69) is 15.4 Å². The number of hydrogen-bond acceptors (Lipinski definition) is 6. The maximum Gasteiger partial charge on any atom is 0.305 e. The van der Waals surface area contributed by atoms with Crippen molar-refractivity contribution in [1.29, 1.82) is 0 Å². The van der Waals surface area contributed by atoms with Crippen LogP contribution in [0.3, 0.4) is 0 Å². The maximum absolute atomic E-state index is 12.2. The van der Waals surface area contributed by atoms with Crippen LogP contribution in [0.4, 0.5) is 5.69 Å². The lowest BCUT2D eigenvalue weighted by Gasteiger charge is -2.35. The second-order valence-corrected chi connectivity index (χ2v) is 5.60. The standard InChI is InChI=1S/C17H23N3O5/c1-18-17(23)14-10-20(12-6-3-4-7-13(12)25-14)11-15(21)19-9-5-8-16(22)24-2/h3-4,6-7,14H,5,8-11H2,1-2H3,(H,18,23)(H,19,21)/t14-/m1/s1.